The molecule has 1 aliphatic rings. The van der Waals surface area contributed by atoms with Crippen LogP contribution in [0.25, 0.3) is 10.8 Å². The quantitative estimate of drug-likeness (QED) is 0.583. The van der Waals surface area contributed by atoms with Crippen LogP contribution in [0.2, 0.25) is 5.02 Å². The molecule has 0 atom stereocenters. The fourth-order valence-electron chi connectivity index (χ4n) is 2.98. The highest BCUT2D eigenvalue weighted by Gasteiger charge is 2.29. The summed E-state index contributed by atoms with van der Waals surface area (Å²) in [7, 11) is -3.78. The summed E-state index contributed by atoms with van der Waals surface area (Å²) in [5.41, 5.74) is 0. The Bertz CT molecular complexity index is 1170. The lowest BCUT2D eigenvalue weighted by Crippen LogP contribution is -2.49. The number of benzene rings is 1. The van der Waals surface area contributed by atoms with Crippen LogP contribution in [0.3, 0.4) is 0 Å². The smallest absolute Gasteiger partial charge is 0.387 e. The van der Waals surface area contributed by atoms with Gasteiger partial charge in [0.05, 0.1) is 14.8 Å². The molecule has 3 aromatic rings. The van der Waals surface area contributed by atoms with Crippen molar-refractivity contribution in [2.75, 3.05) is 26.2 Å². The molecule has 4 rings (SSSR count). The molecule has 154 valence electrons. The Morgan fingerprint density at radius 3 is 2.62 bits per heavy atom. The molecule has 0 unspecified atom stereocenters. The van der Waals surface area contributed by atoms with Gasteiger partial charge < -0.3 is 4.42 Å². The van der Waals surface area contributed by atoms with Gasteiger partial charge >= 0.3 is 5.76 Å². The molecule has 0 spiro atoms. The van der Waals surface area contributed by atoms with Gasteiger partial charge in [-0.2, -0.15) is 8.99 Å². The van der Waals surface area contributed by atoms with E-state index in [0.29, 0.717) is 13.1 Å². The molecular formula is C17H16ClFN4O4S2. The van der Waals surface area contributed by atoms with Gasteiger partial charge in [0.1, 0.15) is 12.5 Å². The standard InChI is InChI=1S/C17H16ClFN4O4S2/c18-13-10-12(3-4-14(13)19)29(25,26)22-7-5-21(6-8-22)11-23-17(24)27-16(20-23)15-2-1-9-28-15/h1-4,9-10H,5-8,11H2. The first-order valence-corrected chi connectivity index (χ1v) is 11.3. The largest absolute Gasteiger partial charge is 0.438 e. The van der Waals surface area contributed by atoms with Gasteiger partial charge in [-0.1, -0.05) is 17.7 Å². The normalized spacial score (nSPS) is 16.3. The van der Waals surface area contributed by atoms with Crippen molar-refractivity contribution in [3.8, 4) is 10.8 Å². The highest BCUT2D eigenvalue weighted by atomic mass is 35.5. The zero-order chi connectivity index (χ0) is 20.6. The number of piperazine rings is 1. The molecule has 29 heavy (non-hydrogen) atoms. The number of sulfonamides is 1. The topological polar surface area (TPSA) is 88.7 Å². The van der Waals surface area contributed by atoms with Crippen molar-refractivity contribution >= 4 is 33.0 Å². The van der Waals surface area contributed by atoms with E-state index >= 15 is 0 Å². The maximum Gasteiger partial charge on any atom is 0.438 e. The van der Waals surface area contributed by atoms with E-state index in [1.165, 1.54) is 26.4 Å². The molecular weight excluding hydrogens is 443 g/mol. The summed E-state index contributed by atoms with van der Waals surface area (Å²) in [4.78, 5) is 14.7. The number of halogens is 2. The molecule has 1 aliphatic heterocycles. The van der Waals surface area contributed by atoms with Gasteiger partial charge in [-0.15, -0.1) is 16.4 Å². The molecule has 8 nitrogen and oxygen atoms in total. The molecule has 0 N–H and O–H groups in total. The maximum absolute atomic E-state index is 13.3. The second-order valence-corrected chi connectivity index (χ2v) is 9.68. The minimum Gasteiger partial charge on any atom is -0.387 e. The molecule has 1 saturated heterocycles. The Morgan fingerprint density at radius 1 is 1.21 bits per heavy atom. The SMILES string of the molecule is O=c1oc(-c2cccs2)nn1CN1CCN(S(=O)(=O)c2ccc(F)c(Cl)c2)CC1. The fourth-order valence-corrected chi connectivity index (χ4v) is 5.32. The van der Waals surface area contributed by atoms with Gasteiger partial charge in [0.2, 0.25) is 10.0 Å². The number of thiophene rings is 1. The van der Waals surface area contributed by atoms with Crippen LogP contribution < -0.4 is 5.76 Å². The Hall–Kier alpha value is -2.05. The van der Waals surface area contributed by atoms with Crippen LogP contribution in [0.1, 0.15) is 0 Å². The van der Waals surface area contributed by atoms with Crippen molar-refractivity contribution in [1.29, 1.82) is 0 Å². The average molecular weight is 459 g/mol. The number of aromatic nitrogens is 2. The first-order valence-electron chi connectivity index (χ1n) is 8.64. The second kappa shape index (κ2) is 8.00. The molecule has 1 aromatic carbocycles. The van der Waals surface area contributed by atoms with E-state index in [2.05, 4.69) is 5.10 Å². The molecule has 0 bridgehead atoms. The van der Waals surface area contributed by atoms with Crippen LogP contribution in [-0.4, -0.2) is 53.6 Å². The van der Waals surface area contributed by atoms with Crippen LogP contribution in [-0.2, 0) is 16.7 Å². The minimum absolute atomic E-state index is 0.0503. The van der Waals surface area contributed by atoms with Crippen molar-refractivity contribution in [3.63, 3.8) is 0 Å². The summed E-state index contributed by atoms with van der Waals surface area (Å²) in [6.07, 6.45) is 0. The first kappa shape index (κ1) is 20.2. The van der Waals surface area contributed by atoms with E-state index < -0.39 is 21.6 Å². The van der Waals surface area contributed by atoms with Crippen molar-refractivity contribution < 1.29 is 17.2 Å². The van der Waals surface area contributed by atoms with E-state index in [1.807, 2.05) is 22.4 Å². The second-order valence-electron chi connectivity index (χ2n) is 6.39. The zero-order valence-corrected chi connectivity index (χ0v) is 17.4. The zero-order valence-electron chi connectivity index (χ0n) is 15.0. The molecule has 0 amide bonds. The highest BCUT2D eigenvalue weighted by molar-refractivity contribution is 7.89. The van der Waals surface area contributed by atoms with E-state index in [-0.39, 0.29) is 35.6 Å². The van der Waals surface area contributed by atoms with Gasteiger partial charge in [0.15, 0.2) is 0 Å². The predicted octanol–water partition coefficient (Wildman–Crippen LogP) is 2.32. The first-order chi connectivity index (χ1) is 13.8. The predicted molar refractivity (Wildman–Crippen MR) is 106 cm³/mol. The van der Waals surface area contributed by atoms with Crippen LogP contribution in [0.15, 0.2) is 49.8 Å². The average Bonchev–Trinajstić information content (AvgIpc) is 3.35. The van der Waals surface area contributed by atoms with Crippen molar-refractivity contribution in [2.45, 2.75) is 11.6 Å². The lowest BCUT2D eigenvalue weighted by atomic mass is 10.3. The Labute approximate surface area is 174 Å². The van der Waals surface area contributed by atoms with Gasteiger partial charge in [-0.3, -0.25) is 4.90 Å². The molecule has 0 radical (unpaired) electrons. The van der Waals surface area contributed by atoms with Crippen LogP contribution in [0.5, 0.6) is 0 Å². The molecule has 3 heterocycles. The summed E-state index contributed by atoms with van der Waals surface area (Å²) in [6.45, 7) is 1.46. The molecule has 0 aliphatic carbocycles. The highest BCUT2D eigenvalue weighted by Crippen LogP contribution is 2.24. The van der Waals surface area contributed by atoms with Crippen molar-refractivity contribution in [2.24, 2.45) is 0 Å². The number of rotatable bonds is 5. The number of hydrogen-bond acceptors (Lipinski definition) is 7. The van der Waals surface area contributed by atoms with Crippen molar-refractivity contribution in [1.82, 2.24) is 19.0 Å². The van der Waals surface area contributed by atoms with Crippen LogP contribution >= 0.6 is 22.9 Å². The maximum atomic E-state index is 13.3. The summed E-state index contributed by atoms with van der Waals surface area (Å²) < 4.78 is 46.5. The summed E-state index contributed by atoms with van der Waals surface area (Å²) in [5, 5.41) is 5.83. The van der Waals surface area contributed by atoms with Gasteiger partial charge in [-0.25, -0.2) is 17.6 Å². The van der Waals surface area contributed by atoms with Crippen LogP contribution in [0.4, 0.5) is 4.39 Å². The molecule has 1 fully saturated rings. The monoisotopic (exact) mass is 458 g/mol. The molecule has 0 saturated carbocycles. The Balaban J connectivity index is 1.42. The number of hydrogen-bond donors (Lipinski definition) is 0. The third-order valence-corrected chi connectivity index (χ3v) is 7.57. The van der Waals surface area contributed by atoms with Gasteiger partial charge in [-0.05, 0) is 29.6 Å². The Kier molecular flexibility index (Phi) is 5.58. The molecule has 2 aromatic heterocycles. The van der Waals surface area contributed by atoms with E-state index in [0.717, 1.165) is 17.0 Å². The summed E-state index contributed by atoms with van der Waals surface area (Å²) in [5.74, 6) is -0.973. The Morgan fingerprint density at radius 2 is 1.97 bits per heavy atom. The van der Waals surface area contributed by atoms with E-state index in [4.69, 9.17) is 16.0 Å². The molecule has 12 heteroatoms. The number of nitrogens with zero attached hydrogens (tertiary/aromatic N) is 4. The third-order valence-electron chi connectivity index (χ3n) is 4.53. The van der Waals surface area contributed by atoms with E-state index in [1.54, 1.807) is 0 Å². The fraction of sp³-hybridized carbons (Fsp3) is 0.294. The lowest BCUT2D eigenvalue weighted by molar-refractivity contribution is 0.142. The third kappa shape index (κ3) is 4.14. The summed E-state index contributed by atoms with van der Waals surface area (Å²) in [6, 6.07) is 7.00. The van der Waals surface area contributed by atoms with E-state index in [9.17, 15) is 17.6 Å². The van der Waals surface area contributed by atoms with Crippen molar-refractivity contribution in [3.05, 3.63) is 57.1 Å². The van der Waals surface area contributed by atoms with Gasteiger partial charge in [0.25, 0.3) is 5.89 Å². The lowest BCUT2D eigenvalue weighted by Gasteiger charge is -2.33. The minimum atomic E-state index is -3.78. The van der Waals surface area contributed by atoms with Crippen LogP contribution in [0, 0.1) is 5.82 Å². The summed E-state index contributed by atoms with van der Waals surface area (Å²) >= 11 is 7.13. The van der Waals surface area contributed by atoms with Gasteiger partial charge in [0, 0.05) is 26.2 Å².